The molecule has 2 aromatic rings. The van der Waals surface area contributed by atoms with Gasteiger partial charge in [0, 0.05) is 5.92 Å². The molecule has 2 aromatic carbocycles. The molecule has 0 saturated heterocycles. The molecule has 0 saturated carbocycles. The molecule has 1 aliphatic rings. The van der Waals surface area contributed by atoms with Gasteiger partial charge in [-0.05, 0) is 56.1 Å². The first-order chi connectivity index (χ1) is 9.75. The van der Waals surface area contributed by atoms with Gasteiger partial charge in [0.05, 0.1) is 0 Å². The van der Waals surface area contributed by atoms with Gasteiger partial charge in [0.1, 0.15) is 0 Å². The van der Waals surface area contributed by atoms with Gasteiger partial charge in [-0.1, -0.05) is 54.6 Å². The summed E-state index contributed by atoms with van der Waals surface area (Å²) in [6, 6.07) is 20.0. The zero-order valence-electron chi connectivity index (χ0n) is 12.4. The Kier molecular flexibility index (Phi) is 3.88. The zero-order valence-corrected chi connectivity index (χ0v) is 12.4. The van der Waals surface area contributed by atoms with E-state index in [4.69, 9.17) is 0 Å². The minimum atomic E-state index is 0.583. The lowest BCUT2D eigenvalue weighted by Crippen LogP contribution is -2.15. The maximum absolute atomic E-state index is 2.33. The average Bonchev–Trinajstić information content (AvgIpc) is 2.85. The van der Waals surface area contributed by atoms with Crippen molar-refractivity contribution < 1.29 is 0 Å². The SMILES string of the molecule is CN(C)CC[C@H]1C[C@H](c2ccccc2)c2ccccc21. The van der Waals surface area contributed by atoms with Gasteiger partial charge < -0.3 is 4.90 Å². The summed E-state index contributed by atoms with van der Waals surface area (Å²) in [5.41, 5.74) is 4.58. The predicted octanol–water partition coefficient (Wildman–Crippen LogP) is 4.26. The third kappa shape index (κ3) is 2.64. The lowest BCUT2D eigenvalue weighted by atomic mass is 9.92. The van der Waals surface area contributed by atoms with Crippen LogP contribution in [-0.2, 0) is 0 Å². The minimum absolute atomic E-state index is 0.583. The van der Waals surface area contributed by atoms with Gasteiger partial charge in [-0.2, -0.15) is 0 Å². The van der Waals surface area contributed by atoms with Gasteiger partial charge in [0.2, 0.25) is 0 Å². The molecule has 1 nitrogen and oxygen atoms in total. The molecular formula is C19H23N. The number of rotatable bonds is 4. The second-order valence-electron chi connectivity index (χ2n) is 6.12. The molecule has 0 amide bonds. The summed E-state index contributed by atoms with van der Waals surface area (Å²) < 4.78 is 0. The van der Waals surface area contributed by atoms with Crippen molar-refractivity contribution in [3.8, 4) is 0 Å². The van der Waals surface area contributed by atoms with Crippen molar-refractivity contribution in [1.82, 2.24) is 4.90 Å². The van der Waals surface area contributed by atoms with Crippen molar-refractivity contribution in [2.75, 3.05) is 20.6 Å². The summed E-state index contributed by atoms with van der Waals surface area (Å²) in [5, 5.41) is 0. The third-order valence-corrected chi connectivity index (χ3v) is 4.46. The van der Waals surface area contributed by atoms with E-state index < -0.39 is 0 Å². The summed E-state index contributed by atoms with van der Waals surface area (Å²) in [6.45, 7) is 1.17. The van der Waals surface area contributed by atoms with E-state index in [9.17, 15) is 0 Å². The number of hydrogen-bond acceptors (Lipinski definition) is 1. The molecule has 1 heteroatoms. The van der Waals surface area contributed by atoms with Crippen LogP contribution in [0.1, 0.15) is 41.4 Å². The standard InChI is InChI=1S/C19H23N/c1-20(2)13-12-16-14-19(15-8-4-3-5-9-15)18-11-7-6-10-17(16)18/h3-11,16,19H,12-14H2,1-2H3/t16-,19+/m0/s1. The fourth-order valence-corrected chi connectivity index (χ4v) is 3.43. The molecule has 3 rings (SSSR count). The Morgan fingerprint density at radius 3 is 2.25 bits per heavy atom. The van der Waals surface area contributed by atoms with Crippen LogP contribution in [0.5, 0.6) is 0 Å². The Morgan fingerprint density at radius 1 is 0.900 bits per heavy atom. The van der Waals surface area contributed by atoms with Gasteiger partial charge in [-0.3, -0.25) is 0 Å². The third-order valence-electron chi connectivity index (χ3n) is 4.46. The molecule has 0 bridgehead atoms. The summed E-state index contributed by atoms with van der Waals surface area (Å²) in [7, 11) is 4.32. The average molecular weight is 265 g/mol. The van der Waals surface area contributed by atoms with Crippen LogP contribution in [0.2, 0.25) is 0 Å². The molecule has 0 aliphatic heterocycles. The molecule has 0 heterocycles. The highest BCUT2D eigenvalue weighted by atomic mass is 15.0. The van der Waals surface area contributed by atoms with E-state index in [-0.39, 0.29) is 0 Å². The Bertz CT molecular complexity index is 559. The summed E-state index contributed by atoms with van der Waals surface area (Å²) in [6.07, 6.45) is 2.52. The number of nitrogens with zero attached hydrogens (tertiary/aromatic N) is 1. The second kappa shape index (κ2) is 5.80. The molecule has 0 radical (unpaired) electrons. The number of hydrogen-bond donors (Lipinski definition) is 0. The van der Waals surface area contributed by atoms with E-state index in [1.54, 1.807) is 11.1 Å². The molecular weight excluding hydrogens is 242 g/mol. The normalized spacial score (nSPS) is 21.1. The van der Waals surface area contributed by atoms with E-state index in [0.717, 1.165) is 0 Å². The van der Waals surface area contributed by atoms with E-state index >= 15 is 0 Å². The zero-order chi connectivity index (χ0) is 13.9. The Hall–Kier alpha value is -1.60. The lowest BCUT2D eigenvalue weighted by molar-refractivity contribution is 0.378. The first-order valence-corrected chi connectivity index (χ1v) is 7.54. The van der Waals surface area contributed by atoms with E-state index in [1.165, 1.54) is 24.9 Å². The first-order valence-electron chi connectivity index (χ1n) is 7.54. The highest BCUT2D eigenvalue weighted by Gasteiger charge is 2.31. The maximum Gasteiger partial charge on any atom is 0.00979 e. The summed E-state index contributed by atoms with van der Waals surface area (Å²) in [5.74, 6) is 1.29. The van der Waals surface area contributed by atoms with Crippen LogP contribution in [0.4, 0.5) is 0 Å². The van der Waals surface area contributed by atoms with Crippen LogP contribution < -0.4 is 0 Å². The predicted molar refractivity (Wildman–Crippen MR) is 85.3 cm³/mol. The monoisotopic (exact) mass is 265 g/mol. The van der Waals surface area contributed by atoms with Crippen LogP contribution in [0.25, 0.3) is 0 Å². The van der Waals surface area contributed by atoms with Crippen LogP contribution in [0, 0.1) is 0 Å². The van der Waals surface area contributed by atoms with Gasteiger partial charge in [-0.15, -0.1) is 0 Å². The van der Waals surface area contributed by atoms with Gasteiger partial charge in [0.15, 0.2) is 0 Å². The summed E-state index contributed by atoms with van der Waals surface area (Å²) in [4.78, 5) is 2.29. The quantitative estimate of drug-likeness (QED) is 0.798. The highest BCUT2D eigenvalue weighted by molar-refractivity contribution is 5.44. The van der Waals surface area contributed by atoms with Crippen molar-refractivity contribution in [1.29, 1.82) is 0 Å². The summed E-state index contributed by atoms with van der Waals surface area (Å²) >= 11 is 0. The van der Waals surface area contributed by atoms with Gasteiger partial charge >= 0.3 is 0 Å². The molecule has 104 valence electrons. The lowest BCUT2D eigenvalue weighted by Gasteiger charge is -2.15. The van der Waals surface area contributed by atoms with Crippen molar-refractivity contribution in [2.24, 2.45) is 0 Å². The fraction of sp³-hybridized carbons (Fsp3) is 0.368. The molecule has 20 heavy (non-hydrogen) atoms. The number of fused-ring (bicyclic) bond motifs is 1. The fourth-order valence-electron chi connectivity index (χ4n) is 3.43. The highest BCUT2D eigenvalue weighted by Crippen LogP contribution is 2.46. The van der Waals surface area contributed by atoms with Crippen molar-refractivity contribution in [2.45, 2.75) is 24.7 Å². The van der Waals surface area contributed by atoms with E-state index in [0.29, 0.717) is 11.8 Å². The molecule has 0 spiro atoms. The molecule has 0 unspecified atom stereocenters. The van der Waals surface area contributed by atoms with Gasteiger partial charge in [-0.25, -0.2) is 0 Å². The Morgan fingerprint density at radius 2 is 1.55 bits per heavy atom. The van der Waals surface area contributed by atoms with Crippen LogP contribution in [-0.4, -0.2) is 25.5 Å². The number of benzene rings is 2. The molecule has 2 atom stereocenters. The van der Waals surface area contributed by atoms with Crippen LogP contribution >= 0.6 is 0 Å². The van der Waals surface area contributed by atoms with Crippen molar-refractivity contribution in [3.63, 3.8) is 0 Å². The van der Waals surface area contributed by atoms with Crippen molar-refractivity contribution >= 4 is 0 Å². The largest absolute Gasteiger partial charge is 0.309 e. The topological polar surface area (TPSA) is 3.24 Å². The molecule has 0 N–H and O–H groups in total. The molecule has 0 fully saturated rings. The van der Waals surface area contributed by atoms with E-state index in [1.807, 2.05) is 0 Å². The van der Waals surface area contributed by atoms with Gasteiger partial charge in [0.25, 0.3) is 0 Å². The Labute approximate surface area is 122 Å². The maximum atomic E-state index is 2.33. The Balaban J connectivity index is 1.88. The van der Waals surface area contributed by atoms with Crippen LogP contribution in [0.3, 0.4) is 0 Å². The molecule has 0 aromatic heterocycles. The minimum Gasteiger partial charge on any atom is -0.309 e. The smallest absolute Gasteiger partial charge is 0.00979 e. The van der Waals surface area contributed by atoms with Crippen LogP contribution in [0.15, 0.2) is 54.6 Å². The second-order valence-corrected chi connectivity index (χ2v) is 6.12. The molecule has 1 aliphatic carbocycles. The van der Waals surface area contributed by atoms with E-state index in [2.05, 4.69) is 73.6 Å². The van der Waals surface area contributed by atoms with Crippen molar-refractivity contribution in [3.05, 3.63) is 71.3 Å². The first kappa shape index (κ1) is 13.4.